The van der Waals surface area contributed by atoms with Crippen LogP contribution in [0.25, 0.3) is 5.52 Å². The van der Waals surface area contributed by atoms with Gasteiger partial charge in [-0.2, -0.15) is 18.3 Å². The van der Waals surface area contributed by atoms with E-state index in [0.717, 1.165) is 44.8 Å². The van der Waals surface area contributed by atoms with E-state index in [1.165, 1.54) is 17.0 Å². The van der Waals surface area contributed by atoms with E-state index in [1.54, 1.807) is 6.07 Å². The summed E-state index contributed by atoms with van der Waals surface area (Å²) in [6.45, 7) is 3.82. The van der Waals surface area contributed by atoms with Crippen LogP contribution >= 0.6 is 12.4 Å². The number of alkyl halides is 3. The summed E-state index contributed by atoms with van der Waals surface area (Å²) in [5.74, 6) is 0.734. The molecule has 0 aliphatic carbocycles. The number of nitrogens with zero attached hydrogens (tertiary/aromatic N) is 4. The summed E-state index contributed by atoms with van der Waals surface area (Å²) in [5, 5.41) is 7.46. The van der Waals surface area contributed by atoms with Gasteiger partial charge < -0.3 is 10.2 Å². The fourth-order valence-electron chi connectivity index (χ4n) is 3.80. The van der Waals surface area contributed by atoms with Crippen molar-refractivity contribution in [1.82, 2.24) is 19.9 Å². The first-order valence-electron chi connectivity index (χ1n) is 7.79. The summed E-state index contributed by atoms with van der Waals surface area (Å²) in [5.41, 5.74) is 1.15. The molecule has 2 aromatic heterocycles. The van der Waals surface area contributed by atoms with E-state index in [0.29, 0.717) is 5.52 Å². The monoisotopic (exact) mass is 361 g/mol. The molecule has 24 heavy (non-hydrogen) atoms. The Morgan fingerprint density at radius 2 is 2.12 bits per heavy atom. The summed E-state index contributed by atoms with van der Waals surface area (Å²) in [4.78, 5) is 6.53. The fourth-order valence-corrected chi connectivity index (χ4v) is 3.80. The molecular formula is C15H19ClF3N5. The molecule has 2 saturated heterocycles. The molecule has 4 heterocycles. The highest BCUT2D eigenvalue weighted by molar-refractivity contribution is 5.85. The van der Waals surface area contributed by atoms with E-state index in [1.807, 2.05) is 0 Å². The van der Waals surface area contributed by atoms with Crippen molar-refractivity contribution in [3.8, 4) is 0 Å². The van der Waals surface area contributed by atoms with Crippen molar-refractivity contribution < 1.29 is 13.2 Å². The van der Waals surface area contributed by atoms with Gasteiger partial charge in [0.25, 0.3) is 0 Å². The zero-order valence-electron chi connectivity index (χ0n) is 13.0. The lowest BCUT2D eigenvalue weighted by molar-refractivity contribution is -0.127. The van der Waals surface area contributed by atoms with Crippen molar-refractivity contribution in [3.05, 3.63) is 24.2 Å². The molecule has 4 rings (SSSR count). The molecular weight excluding hydrogens is 343 g/mol. The topological polar surface area (TPSA) is 45.5 Å². The number of rotatable bonds is 2. The van der Waals surface area contributed by atoms with Crippen LogP contribution in [0.15, 0.2) is 18.6 Å². The molecule has 1 unspecified atom stereocenters. The summed E-state index contributed by atoms with van der Waals surface area (Å²) >= 11 is 0. The van der Waals surface area contributed by atoms with Gasteiger partial charge in [0.1, 0.15) is 11.8 Å². The van der Waals surface area contributed by atoms with Crippen LogP contribution in [0.2, 0.25) is 0 Å². The molecule has 2 aliphatic rings. The van der Waals surface area contributed by atoms with Crippen LogP contribution in [0.3, 0.4) is 0 Å². The third-order valence-corrected chi connectivity index (χ3v) is 4.92. The van der Waals surface area contributed by atoms with Crippen LogP contribution in [-0.4, -0.2) is 47.0 Å². The van der Waals surface area contributed by atoms with Gasteiger partial charge >= 0.3 is 6.18 Å². The second kappa shape index (κ2) is 6.07. The number of hydrogen-bond donors (Lipinski definition) is 1. The fraction of sp³-hybridized carbons (Fsp3) is 0.600. The molecule has 0 amide bonds. The predicted octanol–water partition coefficient (Wildman–Crippen LogP) is 2.45. The molecule has 0 aromatic carbocycles. The Morgan fingerprint density at radius 3 is 2.83 bits per heavy atom. The molecule has 1 N–H and O–H groups in total. The van der Waals surface area contributed by atoms with Gasteiger partial charge in [-0.3, -0.25) is 0 Å². The average Bonchev–Trinajstić information content (AvgIpc) is 3.17. The molecule has 1 spiro atoms. The van der Waals surface area contributed by atoms with Gasteiger partial charge in [0.2, 0.25) is 0 Å². The largest absolute Gasteiger partial charge is 0.393 e. The molecule has 2 fully saturated rings. The third-order valence-electron chi connectivity index (χ3n) is 4.92. The molecule has 1 atom stereocenters. The van der Waals surface area contributed by atoms with Gasteiger partial charge in [-0.25, -0.2) is 9.50 Å². The number of hydrogen-bond acceptors (Lipinski definition) is 4. The zero-order valence-corrected chi connectivity index (χ0v) is 13.8. The van der Waals surface area contributed by atoms with E-state index in [9.17, 15) is 13.2 Å². The Labute approximate surface area is 143 Å². The number of aromatic nitrogens is 3. The normalized spacial score (nSPS) is 24.0. The van der Waals surface area contributed by atoms with Crippen LogP contribution in [-0.2, 0) is 6.42 Å². The maximum absolute atomic E-state index is 12.6. The first kappa shape index (κ1) is 17.3. The zero-order chi connectivity index (χ0) is 16.1. The number of nitrogens with one attached hydrogen (secondary N) is 1. The van der Waals surface area contributed by atoms with E-state index in [4.69, 9.17) is 0 Å². The second-order valence-corrected chi connectivity index (χ2v) is 6.65. The van der Waals surface area contributed by atoms with Gasteiger partial charge in [0, 0.05) is 31.2 Å². The minimum absolute atomic E-state index is 0. The summed E-state index contributed by atoms with van der Waals surface area (Å²) in [6, 6.07) is 1.56. The maximum Gasteiger partial charge on any atom is 0.393 e. The predicted molar refractivity (Wildman–Crippen MR) is 86.7 cm³/mol. The smallest absolute Gasteiger partial charge is 0.354 e. The quantitative estimate of drug-likeness (QED) is 0.892. The molecule has 0 bridgehead atoms. The van der Waals surface area contributed by atoms with Crippen LogP contribution in [0, 0.1) is 5.41 Å². The molecule has 0 saturated carbocycles. The van der Waals surface area contributed by atoms with Gasteiger partial charge in [-0.1, -0.05) is 0 Å². The molecule has 5 nitrogen and oxygen atoms in total. The number of halogens is 4. The maximum atomic E-state index is 12.6. The Kier molecular flexibility index (Phi) is 4.37. The lowest BCUT2D eigenvalue weighted by Crippen LogP contribution is -2.29. The Morgan fingerprint density at radius 1 is 1.29 bits per heavy atom. The third kappa shape index (κ3) is 3.17. The van der Waals surface area contributed by atoms with E-state index in [2.05, 4.69) is 20.3 Å². The Balaban J connectivity index is 0.00000169. The standard InChI is InChI=1S/C15H18F3N5.ClH/c16-15(17,18)6-11-5-12-13(20-10-21-23(12)7-11)22-4-2-14(9-22)1-3-19-8-14;/h5,7,10,19H,1-4,6,8-9H2;1H. The highest BCUT2D eigenvalue weighted by Crippen LogP contribution is 2.38. The van der Waals surface area contributed by atoms with Gasteiger partial charge in [0.05, 0.1) is 6.42 Å². The summed E-state index contributed by atoms with van der Waals surface area (Å²) < 4.78 is 39.3. The van der Waals surface area contributed by atoms with Crippen molar-refractivity contribution in [2.75, 3.05) is 31.1 Å². The van der Waals surface area contributed by atoms with Crippen molar-refractivity contribution >= 4 is 23.7 Å². The summed E-state index contributed by atoms with van der Waals surface area (Å²) in [6.07, 6.45) is -0.0680. The SMILES string of the molecule is Cl.FC(F)(F)Cc1cc2c(N3CCC4(CCNC4)C3)ncnn2c1. The van der Waals surface area contributed by atoms with Crippen LogP contribution < -0.4 is 10.2 Å². The number of anilines is 1. The van der Waals surface area contributed by atoms with Gasteiger partial charge in [-0.15, -0.1) is 12.4 Å². The number of fused-ring (bicyclic) bond motifs is 1. The summed E-state index contributed by atoms with van der Waals surface area (Å²) in [7, 11) is 0. The average molecular weight is 362 g/mol. The molecule has 0 radical (unpaired) electrons. The van der Waals surface area contributed by atoms with Gasteiger partial charge in [-0.05, 0) is 31.0 Å². The van der Waals surface area contributed by atoms with Crippen molar-refractivity contribution in [2.45, 2.75) is 25.4 Å². The lowest BCUT2D eigenvalue weighted by Gasteiger charge is -2.23. The molecule has 2 aliphatic heterocycles. The highest BCUT2D eigenvalue weighted by Gasteiger charge is 2.41. The first-order chi connectivity index (χ1) is 10.9. The molecule has 2 aromatic rings. The minimum atomic E-state index is -4.22. The highest BCUT2D eigenvalue weighted by atomic mass is 35.5. The Bertz CT molecular complexity index is 723. The van der Waals surface area contributed by atoms with E-state index < -0.39 is 12.6 Å². The van der Waals surface area contributed by atoms with Crippen molar-refractivity contribution in [2.24, 2.45) is 5.41 Å². The molecule has 9 heteroatoms. The van der Waals surface area contributed by atoms with Gasteiger partial charge in [0.15, 0.2) is 5.82 Å². The second-order valence-electron chi connectivity index (χ2n) is 6.65. The van der Waals surface area contributed by atoms with Crippen molar-refractivity contribution in [1.29, 1.82) is 0 Å². The van der Waals surface area contributed by atoms with Crippen molar-refractivity contribution in [3.63, 3.8) is 0 Å². The van der Waals surface area contributed by atoms with E-state index in [-0.39, 0.29) is 23.4 Å². The molecule has 132 valence electrons. The minimum Gasteiger partial charge on any atom is -0.354 e. The van der Waals surface area contributed by atoms with Crippen LogP contribution in [0.5, 0.6) is 0 Å². The lowest BCUT2D eigenvalue weighted by atomic mass is 9.87. The Hall–Kier alpha value is -1.54. The van der Waals surface area contributed by atoms with E-state index >= 15 is 0 Å². The van der Waals surface area contributed by atoms with Crippen LogP contribution in [0.1, 0.15) is 18.4 Å². The van der Waals surface area contributed by atoms with Crippen LogP contribution in [0.4, 0.5) is 19.0 Å². The first-order valence-corrected chi connectivity index (χ1v) is 7.79.